The number of benzene rings is 3. The number of halogens is 1. The van der Waals surface area contributed by atoms with E-state index in [4.69, 9.17) is 0 Å². The highest BCUT2D eigenvalue weighted by molar-refractivity contribution is 7.89. The zero-order valence-corrected chi connectivity index (χ0v) is 20.6. The molecule has 0 aliphatic rings. The summed E-state index contributed by atoms with van der Waals surface area (Å²) in [7, 11) is -2.65. The second-order valence-electron chi connectivity index (χ2n) is 8.12. The summed E-state index contributed by atoms with van der Waals surface area (Å²) in [6.07, 6.45) is 0.853. The predicted molar refractivity (Wildman–Crippen MR) is 133 cm³/mol. The van der Waals surface area contributed by atoms with Crippen LogP contribution in [0.2, 0.25) is 0 Å². The van der Waals surface area contributed by atoms with Crippen LogP contribution in [-0.4, -0.2) is 38.1 Å². The summed E-state index contributed by atoms with van der Waals surface area (Å²) in [6, 6.07) is 18.6. The van der Waals surface area contributed by atoms with Crippen molar-refractivity contribution in [2.24, 2.45) is 0 Å². The summed E-state index contributed by atoms with van der Waals surface area (Å²) in [5.41, 5.74) is 2.87. The Bertz CT molecular complexity index is 1290. The molecule has 184 valence electrons. The summed E-state index contributed by atoms with van der Waals surface area (Å²) in [4.78, 5) is 24.1. The fourth-order valence-corrected chi connectivity index (χ4v) is 4.71. The molecule has 3 aromatic carbocycles. The fourth-order valence-electron chi connectivity index (χ4n) is 3.58. The van der Waals surface area contributed by atoms with E-state index >= 15 is 0 Å². The van der Waals surface area contributed by atoms with E-state index in [1.807, 2.05) is 31.2 Å². The summed E-state index contributed by atoms with van der Waals surface area (Å²) >= 11 is 0. The molecule has 2 N–H and O–H groups in total. The van der Waals surface area contributed by atoms with Crippen LogP contribution >= 0.6 is 0 Å². The molecule has 7 nitrogen and oxygen atoms in total. The fraction of sp³-hybridized carbons (Fsp3) is 0.231. The number of sulfonamides is 1. The van der Waals surface area contributed by atoms with Crippen molar-refractivity contribution in [1.29, 1.82) is 0 Å². The molecule has 0 aliphatic heterocycles. The molecule has 1 atom stereocenters. The zero-order chi connectivity index (χ0) is 25.6. The van der Waals surface area contributed by atoms with Gasteiger partial charge < -0.3 is 10.6 Å². The topological polar surface area (TPSA) is 95.6 Å². The molecule has 2 amide bonds. The highest BCUT2D eigenvalue weighted by atomic mass is 32.2. The summed E-state index contributed by atoms with van der Waals surface area (Å²) < 4.78 is 40.8. The largest absolute Gasteiger partial charge is 0.344 e. The first-order chi connectivity index (χ1) is 16.6. The zero-order valence-electron chi connectivity index (χ0n) is 19.8. The second kappa shape index (κ2) is 11.2. The van der Waals surface area contributed by atoms with Gasteiger partial charge in [-0.2, -0.15) is 4.31 Å². The molecule has 0 fully saturated rings. The van der Waals surface area contributed by atoms with Gasteiger partial charge in [-0.1, -0.05) is 43.3 Å². The van der Waals surface area contributed by atoms with Gasteiger partial charge in [0.2, 0.25) is 21.8 Å². The average molecular weight is 498 g/mol. The molecule has 0 unspecified atom stereocenters. The molecule has 3 aromatic rings. The molecule has 9 heteroatoms. The number of aryl methyl sites for hydroxylation is 1. The SMILES string of the molecule is CCc1ccc([C@H](NC(=O)CN(C)S(=O)(=O)c2ccc(NC(C)=O)cc2)c2cccc(F)c2)cc1. The highest BCUT2D eigenvalue weighted by Crippen LogP contribution is 2.24. The first kappa shape index (κ1) is 26.1. The van der Waals surface area contributed by atoms with Crippen LogP contribution in [0.25, 0.3) is 0 Å². The lowest BCUT2D eigenvalue weighted by atomic mass is 9.97. The molecule has 0 aromatic heterocycles. The normalized spacial score (nSPS) is 12.3. The van der Waals surface area contributed by atoms with Gasteiger partial charge in [-0.3, -0.25) is 9.59 Å². The van der Waals surface area contributed by atoms with Gasteiger partial charge in [-0.25, -0.2) is 12.8 Å². The lowest BCUT2D eigenvalue weighted by Crippen LogP contribution is -2.40. The summed E-state index contributed by atoms with van der Waals surface area (Å²) in [5, 5.41) is 5.41. The molecule has 0 radical (unpaired) electrons. The first-order valence-electron chi connectivity index (χ1n) is 11.1. The van der Waals surface area contributed by atoms with E-state index in [1.165, 1.54) is 50.4 Å². The van der Waals surface area contributed by atoms with Gasteiger partial charge in [0.1, 0.15) is 5.82 Å². The van der Waals surface area contributed by atoms with Crippen molar-refractivity contribution < 1.29 is 22.4 Å². The van der Waals surface area contributed by atoms with Gasteiger partial charge in [0, 0.05) is 19.7 Å². The third-order valence-electron chi connectivity index (χ3n) is 5.46. The molecule has 0 bridgehead atoms. The minimum absolute atomic E-state index is 0.0151. The Morgan fingerprint density at radius 2 is 1.63 bits per heavy atom. The van der Waals surface area contributed by atoms with Crippen molar-refractivity contribution in [3.05, 3.63) is 95.3 Å². The monoisotopic (exact) mass is 497 g/mol. The smallest absolute Gasteiger partial charge is 0.243 e. The van der Waals surface area contributed by atoms with E-state index in [9.17, 15) is 22.4 Å². The molecule has 35 heavy (non-hydrogen) atoms. The van der Waals surface area contributed by atoms with Crippen LogP contribution in [0, 0.1) is 5.82 Å². The van der Waals surface area contributed by atoms with Gasteiger partial charge in [0.05, 0.1) is 17.5 Å². The van der Waals surface area contributed by atoms with Crippen LogP contribution in [0.15, 0.2) is 77.7 Å². The molecule has 3 rings (SSSR count). The van der Waals surface area contributed by atoms with E-state index in [-0.39, 0.29) is 10.8 Å². The molecular weight excluding hydrogens is 469 g/mol. The van der Waals surface area contributed by atoms with Crippen molar-refractivity contribution >= 4 is 27.5 Å². The number of amides is 2. The van der Waals surface area contributed by atoms with Crippen molar-refractivity contribution in [1.82, 2.24) is 9.62 Å². The number of carbonyl (C=O) groups excluding carboxylic acids is 2. The van der Waals surface area contributed by atoms with Gasteiger partial charge in [0.15, 0.2) is 0 Å². The number of nitrogens with zero attached hydrogens (tertiary/aromatic N) is 1. The average Bonchev–Trinajstić information content (AvgIpc) is 2.82. The summed E-state index contributed by atoms with van der Waals surface area (Å²) in [6.45, 7) is 2.95. The number of rotatable bonds is 9. The lowest BCUT2D eigenvalue weighted by Gasteiger charge is -2.23. The predicted octanol–water partition coefficient (Wildman–Crippen LogP) is 3.87. The number of nitrogens with one attached hydrogen (secondary N) is 2. The van der Waals surface area contributed by atoms with Gasteiger partial charge in [0.25, 0.3) is 0 Å². The molecule has 0 saturated heterocycles. The van der Waals surface area contributed by atoms with Gasteiger partial charge >= 0.3 is 0 Å². The van der Waals surface area contributed by atoms with Crippen LogP contribution in [-0.2, 0) is 26.0 Å². The van der Waals surface area contributed by atoms with Crippen LogP contribution in [0.1, 0.15) is 36.6 Å². The molecule has 0 aliphatic carbocycles. The first-order valence-corrected chi connectivity index (χ1v) is 12.5. The van der Waals surface area contributed by atoms with Crippen molar-refractivity contribution in [3.63, 3.8) is 0 Å². The van der Waals surface area contributed by atoms with Gasteiger partial charge in [-0.15, -0.1) is 0 Å². The van der Waals surface area contributed by atoms with Crippen molar-refractivity contribution in [2.45, 2.75) is 31.2 Å². The highest BCUT2D eigenvalue weighted by Gasteiger charge is 2.25. The third-order valence-corrected chi connectivity index (χ3v) is 7.28. The Labute approximate surface area is 205 Å². The van der Waals surface area contributed by atoms with E-state index in [2.05, 4.69) is 10.6 Å². The van der Waals surface area contributed by atoms with E-state index in [0.29, 0.717) is 11.3 Å². The number of likely N-dealkylation sites (N-methyl/N-ethyl adjacent to an activating group) is 1. The maximum atomic E-state index is 13.9. The minimum Gasteiger partial charge on any atom is -0.344 e. The van der Waals surface area contributed by atoms with E-state index in [0.717, 1.165) is 21.9 Å². The Morgan fingerprint density at radius 1 is 0.971 bits per heavy atom. The molecule has 0 spiro atoms. The van der Waals surface area contributed by atoms with Gasteiger partial charge in [-0.05, 0) is 59.5 Å². The number of anilines is 1. The van der Waals surface area contributed by atoms with Crippen molar-refractivity contribution in [2.75, 3.05) is 18.9 Å². The minimum atomic E-state index is -3.96. The van der Waals surface area contributed by atoms with Crippen molar-refractivity contribution in [3.8, 4) is 0 Å². The third kappa shape index (κ3) is 6.74. The lowest BCUT2D eigenvalue weighted by molar-refractivity contribution is -0.121. The van der Waals surface area contributed by atoms with Crippen LogP contribution < -0.4 is 10.6 Å². The second-order valence-corrected chi connectivity index (χ2v) is 10.2. The van der Waals surface area contributed by atoms with Crippen LogP contribution in [0.5, 0.6) is 0 Å². The Hall–Kier alpha value is -3.56. The number of carbonyl (C=O) groups is 2. The quantitative estimate of drug-likeness (QED) is 0.469. The van der Waals surface area contributed by atoms with Crippen LogP contribution in [0.4, 0.5) is 10.1 Å². The Morgan fingerprint density at radius 3 is 2.20 bits per heavy atom. The Kier molecular flexibility index (Phi) is 8.37. The maximum absolute atomic E-state index is 13.9. The Balaban J connectivity index is 1.78. The maximum Gasteiger partial charge on any atom is 0.243 e. The summed E-state index contributed by atoms with van der Waals surface area (Å²) in [5.74, 6) is -1.25. The van der Waals surface area contributed by atoms with E-state index in [1.54, 1.807) is 12.1 Å². The molecular formula is C26H28FN3O4S. The molecule has 0 heterocycles. The number of hydrogen-bond donors (Lipinski definition) is 2. The van der Waals surface area contributed by atoms with Crippen LogP contribution in [0.3, 0.4) is 0 Å². The van der Waals surface area contributed by atoms with E-state index < -0.39 is 34.3 Å². The number of hydrogen-bond acceptors (Lipinski definition) is 4. The standard InChI is InChI=1S/C26H28FN3O4S/c1-4-19-8-10-20(11-9-19)26(21-6-5-7-22(27)16-21)29-25(32)17-30(3)35(33,34)24-14-12-23(13-15-24)28-18(2)31/h5-16,26H,4,17H2,1-3H3,(H,28,31)(H,29,32)/t26-/m0/s1. The molecule has 0 saturated carbocycles.